The smallest absolute Gasteiger partial charge is 0.260 e. The number of hydrogen-bond acceptors (Lipinski definition) is 2. The topological polar surface area (TPSA) is 50.7 Å². The SMILES string of the molecule is CCc1nc2c(ccn2-c2ccccc2)c(=O)[nH]1. The zero-order chi connectivity index (χ0) is 12.5. The van der Waals surface area contributed by atoms with Crippen LogP contribution in [0.15, 0.2) is 47.4 Å². The van der Waals surface area contributed by atoms with Crippen LogP contribution in [0.25, 0.3) is 16.7 Å². The molecule has 1 aromatic carbocycles. The molecule has 4 nitrogen and oxygen atoms in total. The molecule has 18 heavy (non-hydrogen) atoms. The number of aryl methyl sites for hydroxylation is 1. The minimum atomic E-state index is -0.0773. The number of benzene rings is 1. The molecule has 0 aliphatic rings. The molecule has 3 aromatic rings. The van der Waals surface area contributed by atoms with E-state index in [0.29, 0.717) is 23.3 Å². The molecule has 0 aliphatic carbocycles. The van der Waals surface area contributed by atoms with Gasteiger partial charge in [-0.2, -0.15) is 0 Å². The molecule has 0 saturated carbocycles. The number of aromatic amines is 1. The van der Waals surface area contributed by atoms with E-state index < -0.39 is 0 Å². The van der Waals surface area contributed by atoms with E-state index in [-0.39, 0.29) is 5.56 Å². The van der Waals surface area contributed by atoms with Gasteiger partial charge in [0.1, 0.15) is 5.82 Å². The molecule has 90 valence electrons. The summed E-state index contributed by atoms with van der Waals surface area (Å²) in [5.41, 5.74) is 1.64. The number of fused-ring (bicyclic) bond motifs is 1. The fraction of sp³-hybridized carbons (Fsp3) is 0.143. The maximum atomic E-state index is 11.9. The highest BCUT2D eigenvalue weighted by molar-refractivity contribution is 5.77. The maximum absolute atomic E-state index is 11.9. The van der Waals surface area contributed by atoms with Crippen LogP contribution in [-0.2, 0) is 6.42 Å². The average molecular weight is 239 g/mol. The third kappa shape index (κ3) is 1.62. The van der Waals surface area contributed by atoms with Crippen molar-refractivity contribution in [2.24, 2.45) is 0 Å². The van der Waals surface area contributed by atoms with E-state index in [1.807, 2.05) is 48.0 Å². The number of H-pyrrole nitrogens is 1. The van der Waals surface area contributed by atoms with Gasteiger partial charge < -0.3 is 9.55 Å². The van der Waals surface area contributed by atoms with Crippen LogP contribution in [0.5, 0.6) is 0 Å². The van der Waals surface area contributed by atoms with Gasteiger partial charge in [-0.15, -0.1) is 0 Å². The predicted octanol–water partition coefficient (Wildman–Crippen LogP) is 2.28. The van der Waals surface area contributed by atoms with E-state index >= 15 is 0 Å². The first-order valence-corrected chi connectivity index (χ1v) is 5.95. The summed E-state index contributed by atoms with van der Waals surface area (Å²) in [5, 5.41) is 0.621. The lowest BCUT2D eigenvalue weighted by Crippen LogP contribution is -2.11. The largest absolute Gasteiger partial charge is 0.310 e. The van der Waals surface area contributed by atoms with Gasteiger partial charge in [-0.25, -0.2) is 4.98 Å². The second kappa shape index (κ2) is 4.14. The number of nitrogens with zero attached hydrogens (tertiary/aromatic N) is 2. The van der Waals surface area contributed by atoms with Crippen LogP contribution in [0.2, 0.25) is 0 Å². The van der Waals surface area contributed by atoms with Crippen molar-refractivity contribution in [3.05, 3.63) is 58.8 Å². The molecule has 0 radical (unpaired) electrons. The number of rotatable bonds is 2. The van der Waals surface area contributed by atoms with Crippen LogP contribution in [0.3, 0.4) is 0 Å². The first-order valence-electron chi connectivity index (χ1n) is 5.95. The van der Waals surface area contributed by atoms with Crippen molar-refractivity contribution >= 4 is 11.0 Å². The first kappa shape index (κ1) is 10.8. The van der Waals surface area contributed by atoms with E-state index in [1.54, 1.807) is 6.07 Å². The normalized spacial score (nSPS) is 10.9. The van der Waals surface area contributed by atoms with Gasteiger partial charge in [-0.1, -0.05) is 25.1 Å². The molecule has 3 rings (SSSR count). The molecule has 0 aliphatic heterocycles. The molecule has 0 bridgehead atoms. The molecule has 2 heterocycles. The summed E-state index contributed by atoms with van der Waals surface area (Å²) in [7, 11) is 0. The van der Waals surface area contributed by atoms with Gasteiger partial charge in [0.2, 0.25) is 0 Å². The van der Waals surface area contributed by atoms with Crippen molar-refractivity contribution in [2.75, 3.05) is 0 Å². The highest BCUT2D eigenvalue weighted by Gasteiger charge is 2.08. The number of para-hydroxylation sites is 1. The Hall–Kier alpha value is -2.36. The van der Waals surface area contributed by atoms with E-state index in [9.17, 15) is 4.79 Å². The van der Waals surface area contributed by atoms with Crippen LogP contribution in [0.4, 0.5) is 0 Å². The fourth-order valence-electron chi connectivity index (χ4n) is 2.03. The Morgan fingerprint density at radius 1 is 1.22 bits per heavy atom. The fourth-order valence-corrected chi connectivity index (χ4v) is 2.03. The van der Waals surface area contributed by atoms with Crippen molar-refractivity contribution in [3.8, 4) is 5.69 Å². The lowest BCUT2D eigenvalue weighted by atomic mass is 10.3. The standard InChI is InChI=1S/C14H13N3O/c1-2-12-15-13-11(14(18)16-12)8-9-17(13)10-6-4-3-5-7-10/h3-9H,2H2,1H3,(H,15,16,18). The Kier molecular flexibility index (Phi) is 2.48. The number of nitrogens with one attached hydrogen (secondary N) is 1. The molecule has 0 spiro atoms. The molecule has 0 amide bonds. The molecule has 1 N–H and O–H groups in total. The summed E-state index contributed by atoms with van der Waals surface area (Å²) in [6.07, 6.45) is 2.59. The number of aromatic nitrogens is 3. The van der Waals surface area contributed by atoms with Gasteiger partial charge >= 0.3 is 0 Å². The molecule has 0 fully saturated rings. The zero-order valence-electron chi connectivity index (χ0n) is 10.1. The van der Waals surface area contributed by atoms with Gasteiger partial charge in [-0.05, 0) is 18.2 Å². The third-order valence-corrected chi connectivity index (χ3v) is 2.97. The average Bonchev–Trinajstić information content (AvgIpc) is 2.84. The maximum Gasteiger partial charge on any atom is 0.260 e. The zero-order valence-corrected chi connectivity index (χ0v) is 10.1. The lowest BCUT2D eigenvalue weighted by Gasteiger charge is -2.04. The predicted molar refractivity (Wildman–Crippen MR) is 71.1 cm³/mol. The number of hydrogen-bond donors (Lipinski definition) is 1. The monoisotopic (exact) mass is 239 g/mol. The van der Waals surface area contributed by atoms with Crippen LogP contribution in [0.1, 0.15) is 12.7 Å². The van der Waals surface area contributed by atoms with Crippen LogP contribution >= 0.6 is 0 Å². The summed E-state index contributed by atoms with van der Waals surface area (Å²) in [5.74, 6) is 0.711. The van der Waals surface area contributed by atoms with E-state index in [1.165, 1.54) is 0 Å². The van der Waals surface area contributed by atoms with Gasteiger partial charge in [0, 0.05) is 18.3 Å². The van der Waals surface area contributed by atoms with Crippen molar-refractivity contribution < 1.29 is 0 Å². The molecule has 2 aromatic heterocycles. The third-order valence-electron chi connectivity index (χ3n) is 2.97. The highest BCUT2D eigenvalue weighted by atomic mass is 16.1. The van der Waals surface area contributed by atoms with E-state index in [0.717, 1.165) is 5.69 Å². The Morgan fingerprint density at radius 2 is 2.00 bits per heavy atom. The minimum absolute atomic E-state index is 0.0773. The van der Waals surface area contributed by atoms with Gasteiger partial charge in [0.25, 0.3) is 5.56 Å². The second-order valence-electron chi connectivity index (χ2n) is 4.12. The molecule has 0 atom stereocenters. The molecular formula is C14H13N3O. The second-order valence-corrected chi connectivity index (χ2v) is 4.12. The Labute approximate surface area is 104 Å². The van der Waals surface area contributed by atoms with Crippen molar-refractivity contribution in [1.29, 1.82) is 0 Å². The minimum Gasteiger partial charge on any atom is -0.310 e. The van der Waals surface area contributed by atoms with Crippen molar-refractivity contribution in [3.63, 3.8) is 0 Å². The molecule has 0 unspecified atom stereocenters. The summed E-state index contributed by atoms with van der Waals surface area (Å²) in [4.78, 5) is 19.2. The Bertz CT molecular complexity index is 741. The van der Waals surface area contributed by atoms with Crippen molar-refractivity contribution in [1.82, 2.24) is 14.5 Å². The van der Waals surface area contributed by atoms with Crippen LogP contribution in [0, 0.1) is 0 Å². The highest BCUT2D eigenvalue weighted by Crippen LogP contribution is 2.15. The van der Waals surface area contributed by atoms with Gasteiger partial charge in [-0.3, -0.25) is 4.79 Å². The van der Waals surface area contributed by atoms with Gasteiger partial charge in [0.15, 0.2) is 5.65 Å². The van der Waals surface area contributed by atoms with E-state index in [4.69, 9.17) is 0 Å². The van der Waals surface area contributed by atoms with Crippen LogP contribution in [-0.4, -0.2) is 14.5 Å². The molecule has 0 saturated heterocycles. The van der Waals surface area contributed by atoms with Crippen molar-refractivity contribution in [2.45, 2.75) is 13.3 Å². The summed E-state index contributed by atoms with van der Waals surface area (Å²) in [6.45, 7) is 1.97. The first-order chi connectivity index (χ1) is 8.79. The Balaban J connectivity index is 2.32. The molecule has 4 heteroatoms. The van der Waals surface area contributed by atoms with E-state index in [2.05, 4.69) is 9.97 Å². The summed E-state index contributed by atoms with van der Waals surface area (Å²) in [6, 6.07) is 11.7. The molecular weight excluding hydrogens is 226 g/mol. The van der Waals surface area contributed by atoms with Crippen LogP contribution < -0.4 is 5.56 Å². The quantitative estimate of drug-likeness (QED) is 0.745. The summed E-state index contributed by atoms with van der Waals surface area (Å²) >= 11 is 0. The Morgan fingerprint density at radius 3 is 2.72 bits per heavy atom. The summed E-state index contributed by atoms with van der Waals surface area (Å²) < 4.78 is 1.93. The lowest BCUT2D eigenvalue weighted by molar-refractivity contribution is 0.928. The van der Waals surface area contributed by atoms with Gasteiger partial charge in [0.05, 0.1) is 5.39 Å².